The minimum atomic E-state index is -0.248. The topological polar surface area (TPSA) is 29.5 Å². The Morgan fingerprint density at radius 2 is 2.36 bits per heavy atom. The molecule has 0 amide bonds. The minimum absolute atomic E-state index is 0.248. The fourth-order valence-corrected chi connectivity index (χ4v) is 0.656. The highest BCUT2D eigenvalue weighted by molar-refractivity contribution is 5.71. The van der Waals surface area contributed by atoms with E-state index in [2.05, 4.69) is 10.7 Å². The fourth-order valence-electron chi connectivity index (χ4n) is 0.656. The van der Waals surface area contributed by atoms with Crippen LogP contribution in [-0.2, 0) is 9.53 Å². The third-order valence-electron chi connectivity index (χ3n) is 1.34. The molecule has 3 nitrogen and oxygen atoms in total. The van der Waals surface area contributed by atoms with Crippen LogP contribution in [0.1, 0.15) is 6.92 Å². The average Bonchev–Trinajstić information content (AvgIpc) is 2.03. The zero-order chi connectivity index (χ0) is 8.69. The molecular weight excluding hydrogens is 142 g/mol. The standard InChI is InChI=1S/C8H13NO2/c1-4-6-9(5-2)7-8(10)11-3/h1H,5-7H2,2-3H3. The second-order valence-electron chi connectivity index (χ2n) is 2.08. The first-order valence-electron chi connectivity index (χ1n) is 3.47. The molecule has 11 heavy (non-hydrogen) atoms. The van der Waals surface area contributed by atoms with Crippen LogP contribution in [0.3, 0.4) is 0 Å². The van der Waals surface area contributed by atoms with E-state index in [1.807, 2.05) is 11.8 Å². The van der Waals surface area contributed by atoms with Crippen molar-refractivity contribution < 1.29 is 9.53 Å². The van der Waals surface area contributed by atoms with E-state index in [0.29, 0.717) is 6.54 Å². The summed E-state index contributed by atoms with van der Waals surface area (Å²) in [6, 6.07) is 0. The number of carbonyl (C=O) groups is 1. The molecule has 0 atom stereocenters. The van der Waals surface area contributed by atoms with Crippen molar-refractivity contribution in [1.82, 2.24) is 4.90 Å². The van der Waals surface area contributed by atoms with Gasteiger partial charge in [-0.1, -0.05) is 12.8 Å². The van der Waals surface area contributed by atoms with Gasteiger partial charge in [0.1, 0.15) is 0 Å². The Bertz CT molecular complexity index is 160. The smallest absolute Gasteiger partial charge is 0.319 e. The van der Waals surface area contributed by atoms with Crippen molar-refractivity contribution >= 4 is 5.97 Å². The third-order valence-corrected chi connectivity index (χ3v) is 1.34. The molecule has 0 aliphatic carbocycles. The molecular formula is C8H13NO2. The summed E-state index contributed by atoms with van der Waals surface area (Å²) >= 11 is 0. The summed E-state index contributed by atoms with van der Waals surface area (Å²) in [5.41, 5.74) is 0. The maximum absolute atomic E-state index is 10.7. The zero-order valence-electron chi connectivity index (χ0n) is 6.96. The number of hydrogen-bond donors (Lipinski definition) is 0. The Morgan fingerprint density at radius 1 is 1.73 bits per heavy atom. The lowest BCUT2D eigenvalue weighted by Gasteiger charge is -2.14. The van der Waals surface area contributed by atoms with Crippen LogP contribution in [0.25, 0.3) is 0 Å². The summed E-state index contributed by atoms with van der Waals surface area (Å²) < 4.78 is 4.48. The van der Waals surface area contributed by atoms with Crippen molar-refractivity contribution in [2.24, 2.45) is 0 Å². The van der Waals surface area contributed by atoms with E-state index in [1.54, 1.807) is 0 Å². The van der Waals surface area contributed by atoms with Gasteiger partial charge in [0.25, 0.3) is 0 Å². The summed E-state index contributed by atoms with van der Waals surface area (Å²) in [6.07, 6.45) is 5.08. The molecule has 0 rings (SSSR count). The van der Waals surface area contributed by atoms with Crippen LogP contribution in [0, 0.1) is 12.3 Å². The van der Waals surface area contributed by atoms with Gasteiger partial charge in [-0.25, -0.2) is 0 Å². The lowest BCUT2D eigenvalue weighted by Crippen LogP contribution is -2.30. The fraction of sp³-hybridized carbons (Fsp3) is 0.625. The number of likely N-dealkylation sites (N-methyl/N-ethyl adjacent to an activating group) is 1. The number of ether oxygens (including phenoxy) is 1. The molecule has 0 fully saturated rings. The van der Waals surface area contributed by atoms with Crippen molar-refractivity contribution in [3.63, 3.8) is 0 Å². The zero-order valence-corrected chi connectivity index (χ0v) is 6.96. The Morgan fingerprint density at radius 3 is 2.73 bits per heavy atom. The SMILES string of the molecule is C#CCN(CC)CC(=O)OC. The molecule has 3 heteroatoms. The molecule has 62 valence electrons. The van der Waals surface area contributed by atoms with Crippen LogP contribution in [0.5, 0.6) is 0 Å². The first-order chi connectivity index (χ1) is 5.24. The van der Waals surface area contributed by atoms with Crippen LogP contribution < -0.4 is 0 Å². The number of rotatable bonds is 4. The highest BCUT2D eigenvalue weighted by Gasteiger charge is 2.06. The van der Waals surface area contributed by atoms with Gasteiger partial charge in [-0.3, -0.25) is 9.69 Å². The van der Waals surface area contributed by atoms with Gasteiger partial charge in [0, 0.05) is 0 Å². The predicted molar refractivity (Wildman–Crippen MR) is 43.0 cm³/mol. The van der Waals surface area contributed by atoms with E-state index in [1.165, 1.54) is 7.11 Å². The minimum Gasteiger partial charge on any atom is -0.468 e. The van der Waals surface area contributed by atoms with Gasteiger partial charge in [0.05, 0.1) is 20.2 Å². The summed E-state index contributed by atoms with van der Waals surface area (Å²) in [6.45, 7) is 3.47. The van der Waals surface area contributed by atoms with E-state index in [0.717, 1.165) is 6.54 Å². The van der Waals surface area contributed by atoms with E-state index < -0.39 is 0 Å². The summed E-state index contributed by atoms with van der Waals surface area (Å²) in [7, 11) is 1.37. The molecule has 0 spiro atoms. The van der Waals surface area contributed by atoms with Crippen LogP contribution >= 0.6 is 0 Å². The monoisotopic (exact) mass is 155 g/mol. The van der Waals surface area contributed by atoms with Gasteiger partial charge in [0.15, 0.2) is 0 Å². The number of terminal acetylenes is 1. The van der Waals surface area contributed by atoms with E-state index in [9.17, 15) is 4.79 Å². The van der Waals surface area contributed by atoms with Gasteiger partial charge in [-0.2, -0.15) is 0 Å². The third kappa shape index (κ3) is 4.40. The first kappa shape index (κ1) is 9.99. The normalized spacial score (nSPS) is 9.27. The molecule has 0 aliphatic heterocycles. The molecule has 0 aromatic carbocycles. The Labute approximate surface area is 67.3 Å². The van der Waals surface area contributed by atoms with Gasteiger partial charge in [-0.05, 0) is 6.54 Å². The average molecular weight is 155 g/mol. The number of esters is 1. The van der Waals surface area contributed by atoms with Gasteiger partial charge < -0.3 is 4.74 Å². The van der Waals surface area contributed by atoms with E-state index in [-0.39, 0.29) is 12.5 Å². The maximum atomic E-state index is 10.7. The van der Waals surface area contributed by atoms with Crippen molar-refractivity contribution in [1.29, 1.82) is 0 Å². The number of hydrogen-bond acceptors (Lipinski definition) is 3. The molecule has 0 unspecified atom stereocenters. The maximum Gasteiger partial charge on any atom is 0.319 e. The molecule has 0 aromatic heterocycles. The highest BCUT2D eigenvalue weighted by Crippen LogP contribution is 1.86. The van der Waals surface area contributed by atoms with Crippen LogP contribution in [-0.4, -0.2) is 37.6 Å². The second-order valence-corrected chi connectivity index (χ2v) is 2.08. The van der Waals surface area contributed by atoms with Crippen molar-refractivity contribution in [3.8, 4) is 12.3 Å². The van der Waals surface area contributed by atoms with Crippen molar-refractivity contribution in [2.75, 3.05) is 26.7 Å². The van der Waals surface area contributed by atoms with Gasteiger partial charge >= 0.3 is 5.97 Å². The van der Waals surface area contributed by atoms with E-state index in [4.69, 9.17) is 6.42 Å². The molecule has 0 saturated carbocycles. The number of methoxy groups -OCH3 is 1. The quantitative estimate of drug-likeness (QED) is 0.426. The number of nitrogens with zero attached hydrogens (tertiary/aromatic N) is 1. The number of carbonyl (C=O) groups excluding carboxylic acids is 1. The lowest BCUT2D eigenvalue weighted by molar-refractivity contribution is -0.141. The highest BCUT2D eigenvalue weighted by atomic mass is 16.5. The first-order valence-corrected chi connectivity index (χ1v) is 3.47. The molecule has 0 N–H and O–H groups in total. The van der Waals surface area contributed by atoms with Crippen LogP contribution in [0.2, 0.25) is 0 Å². The summed E-state index contributed by atoms with van der Waals surface area (Å²) in [5, 5.41) is 0. The predicted octanol–water partition coefficient (Wildman–Crippen LogP) is 0.114. The van der Waals surface area contributed by atoms with E-state index >= 15 is 0 Å². The van der Waals surface area contributed by atoms with Crippen molar-refractivity contribution in [2.45, 2.75) is 6.92 Å². The van der Waals surface area contributed by atoms with Gasteiger partial charge in [-0.15, -0.1) is 6.42 Å². The van der Waals surface area contributed by atoms with Crippen molar-refractivity contribution in [3.05, 3.63) is 0 Å². The second kappa shape index (κ2) is 5.75. The van der Waals surface area contributed by atoms with Crippen LogP contribution in [0.15, 0.2) is 0 Å². The van der Waals surface area contributed by atoms with Crippen LogP contribution in [0.4, 0.5) is 0 Å². The molecule has 0 saturated heterocycles. The molecule has 0 aliphatic rings. The van der Waals surface area contributed by atoms with Gasteiger partial charge in [0.2, 0.25) is 0 Å². The molecule has 0 aromatic rings. The Hall–Kier alpha value is -1.01. The largest absolute Gasteiger partial charge is 0.468 e. The summed E-state index contributed by atoms with van der Waals surface area (Å²) in [5.74, 6) is 2.22. The Kier molecular flexibility index (Phi) is 5.22. The lowest BCUT2D eigenvalue weighted by atomic mass is 10.4. The molecule has 0 heterocycles. The molecule has 0 bridgehead atoms. The Balaban J connectivity index is 3.70. The summed E-state index contributed by atoms with van der Waals surface area (Å²) in [4.78, 5) is 12.5. The molecule has 0 radical (unpaired) electrons.